The van der Waals surface area contributed by atoms with E-state index in [4.69, 9.17) is 23.2 Å². The standard InChI is InChI=1S/C15H10Cl2N4O3/c16-9-1-3-12(13(5-9)21(23)24)15(22)18-6-11-8-20-7-10(17)2-4-14(20)19-11/h1-5,7-8H,6H2,(H,18,22). The van der Waals surface area contributed by atoms with Crippen LogP contribution in [-0.4, -0.2) is 20.2 Å². The molecule has 0 aliphatic heterocycles. The number of hydrogen-bond acceptors (Lipinski definition) is 4. The number of halogens is 2. The van der Waals surface area contributed by atoms with Gasteiger partial charge in [-0.25, -0.2) is 4.98 Å². The molecule has 1 amide bonds. The van der Waals surface area contributed by atoms with Gasteiger partial charge in [0.2, 0.25) is 0 Å². The fourth-order valence-electron chi connectivity index (χ4n) is 2.22. The molecule has 0 bridgehead atoms. The van der Waals surface area contributed by atoms with Gasteiger partial charge in [0, 0.05) is 23.5 Å². The van der Waals surface area contributed by atoms with Crippen molar-refractivity contribution in [1.82, 2.24) is 14.7 Å². The summed E-state index contributed by atoms with van der Waals surface area (Å²) in [5.74, 6) is -0.576. The van der Waals surface area contributed by atoms with Gasteiger partial charge in [-0.3, -0.25) is 14.9 Å². The van der Waals surface area contributed by atoms with Gasteiger partial charge < -0.3 is 9.72 Å². The van der Waals surface area contributed by atoms with Crippen LogP contribution in [0.4, 0.5) is 5.69 Å². The highest BCUT2D eigenvalue weighted by atomic mass is 35.5. The molecule has 0 atom stereocenters. The monoisotopic (exact) mass is 364 g/mol. The Labute approximate surface area is 146 Å². The molecule has 0 spiro atoms. The largest absolute Gasteiger partial charge is 0.346 e. The quantitative estimate of drug-likeness (QED) is 0.566. The minimum absolute atomic E-state index is 0.0591. The highest BCUT2D eigenvalue weighted by Crippen LogP contribution is 2.23. The van der Waals surface area contributed by atoms with E-state index in [0.717, 1.165) is 6.07 Å². The van der Waals surface area contributed by atoms with E-state index >= 15 is 0 Å². The maximum atomic E-state index is 12.2. The number of nitro benzene ring substituents is 1. The third-order valence-corrected chi connectivity index (χ3v) is 3.75. The second-order valence-corrected chi connectivity index (χ2v) is 5.82. The van der Waals surface area contributed by atoms with Crippen LogP contribution >= 0.6 is 23.2 Å². The van der Waals surface area contributed by atoms with Gasteiger partial charge in [-0.2, -0.15) is 0 Å². The Morgan fingerprint density at radius 2 is 1.96 bits per heavy atom. The molecule has 24 heavy (non-hydrogen) atoms. The summed E-state index contributed by atoms with van der Waals surface area (Å²) in [6.45, 7) is 0.123. The number of amides is 1. The van der Waals surface area contributed by atoms with Crippen molar-refractivity contribution in [2.45, 2.75) is 6.54 Å². The van der Waals surface area contributed by atoms with Crippen molar-refractivity contribution < 1.29 is 9.72 Å². The smallest absolute Gasteiger partial charge is 0.283 e. The van der Waals surface area contributed by atoms with E-state index in [1.807, 2.05) is 0 Å². The van der Waals surface area contributed by atoms with Crippen molar-refractivity contribution in [3.63, 3.8) is 0 Å². The lowest BCUT2D eigenvalue weighted by Crippen LogP contribution is -2.23. The van der Waals surface area contributed by atoms with Crippen molar-refractivity contribution in [3.8, 4) is 0 Å². The number of rotatable bonds is 4. The van der Waals surface area contributed by atoms with E-state index in [-0.39, 0.29) is 22.8 Å². The van der Waals surface area contributed by atoms with E-state index in [2.05, 4.69) is 10.3 Å². The fourth-order valence-corrected chi connectivity index (χ4v) is 2.55. The molecule has 1 N–H and O–H groups in total. The third kappa shape index (κ3) is 3.32. The number of imidazole rings is 1. The maximum Gasteiger partial charge on any atom is 0.283 e. The molecular weight excluding hydrogens is 355 g/mol. The molecule has 0 unspecified atom stereocenters. The van der Waals surface area contributed by atoms with Gasteiger partial charge in [-0.1, -0.05) is 23.2 Å². The molecule has 0 fully saturated rings. The van der Waals surface area contributed by atoms with Gasteiger partial charge in [0.05, 0.1) is 22.2 Å². The zero-order chi connectivity index (χ0) is 17.3. The van der Waals surface area contributed by atoms with Crippen LogP contribution in [0.5, 0.6) is 0 Å². The summed E-state index contributed by atoms with van der Waals surface area (Å²) < 4.78 is 1.73. The summed E-state index contributed by atoms with van der Waals surface area (Å²) in [4.78, 5) is 26.9. The average Bonchev–Trinajstić information content (AvgIpc) is 2.94. The van der Waals surface area contributed by atoms with Gasteiger partial charge in [-0.05, 0) is 24.3 Å². The number of fused-ring (bicyclic) bond motifs is 1. The zero-order valence-corrected chi connectivity index (χ0v) is 13.6. The van der Waals surface area contributed by atoms with Crippen LogP contribution < -0.4 is 5.32 Å². The highest BCUT2D eigenvalue weighted by Gasteiger charge is 2.20. The Kier molecular flexibility index (Phi) is 4.37. The van der Waals surface area contributed by atoms with E-state index in [1.54, 1.807) is 28.9 Å². The number of carbonyl (C=O) groups is 1. The molecule has 0 saturated carbocycles. The lowest BCUT2D eigenvalue weighted by atomic mass is 10.1. The summed E-state index contributed by atoms with van der Waals surface area (Å²) in [6.07, 6.45) is 3.41. The molecule has 122 valence electrons. The van der Waals surface area contributed by atoms with Crippen molar-refractivity contribution in [1.29, 1.82) is 0 Å². The van der Waals surface area contributed by atoms with Crippen molar-refractivity contribution in [3.05, 3.63) is 74.1 Å². The Morgan fingerprint density at radius 1 is 1.21 bits per heavy atom. The zero-order valence-electron chi connectivity index (χ0n) is 12.1. The second-order valence-electron chi connectivity index (χ2n) is 4.95. The molecule has 0 aliphatic rings. The number of aromatic nitrogens is 2. The molecule has 3 rings (SSSR count). The average molecular weight is 365 g/mol. The van der Waals surface area contributed by atoms with Gasteiger partial charge in [-0.15, -0.1) is 0 Å². The van der Waals surface area contributed by atoms with Crippen LogP contribution in [0.25, 0.3) is 5.65 Å². The van der Waals surface area contributed by atoms with E-state index in [9.17, 15) is 14.9 Å². The van der Waals surface area contributed by atoms with E-state index in [1.165, 1.54) is 12.1 Å². The topological polar surface area (TPSA) is 89.5 Å². The Bertz CT molecular complexity index is 955. The van der Waals surface area contributed by atoms with Crippen LogP contribution in [0.15, 0.2) is 42.7 Å². The van der Waals surface area contributed by atoms with Crippen LogP contribution in [0, 0.1) is 10.1 Å². The van der Waals surface area contributed by atoms with E-state index in [0.29, 0.717) is 16.4 Å². The van der Waals surface area contributed by atoms with Gasteiger partial charge >= 0.3 is 0 Å². The van der Waals surface area contributed by atoms with E-state index < -0.39 is 10.8 Å². The molecule has 0 aliphatic carbocycles. The summed E-state index contributed by atoms with van der Waals surface area (Å²) >= 11 is 11.6. The van der Waals surface area contributed by atoms with Crippen LogP contribution in [-0.2, 0) is 6.54 Å². The molecule has 9 heteroatoms. The molecule has 2 aromatic heterocycles. The Morgan fingerprint density at radius 3 is 2.71 bits per heavy atom. The van der Waals surface area contributed by atoms with Crippen molar-refractivity contribution >= 4 is 40.4 Å². The number of hydrogen-bond donors (Lipinski definition) is 1. The summed E-state index contributed by atoms with van der Waals surface area (Å²) in [5, 5.41) is 14.4. The number of carbonyl (C=O) groups excluding carboxylic acids is 1. The summed E-state index contributed by atoms with van der Waals surface area (Å²) in [6, 6.07) is 7.35. The van der Waals surface area contributed by atoms with Gasteiger partial charge in [0.1, 0.15) is 11.2 Å². The third-order valence-electron chi connectivity index (χ3n) is 3.30. The number of nitrogens with zero attached hydrogens (tertiary/aromatic N) is 3. The second kappa shape index (κ2) is 6.46. The molecular formula is C15H10Cl2N4O3. The molecule has 1 aromatic carbocycles. The highest BCUT2D eigenvalue weighted by molar-refractivity contribution is 6.31. The Hall–Kier alpha value is -2.64. The number of pyridine rings is 1. The van der Waals surface area contributed by atoms with Crippen molar-refractivity contribution in [2.24, 2.45) is 0 Å². The molecule has 0 radical (unpaired) electrons. The molecule has 2 heterocycles. The fraction of sp³-hybridized carbons (Fsp3) is 0.0667. The van der Waals surface area contributed by atoms with Crippen LogP contribution in [0.1, 0.15) is 16.1 Å². The predicted octanol–water partition coefficient (Wildman–Crippen LogP) is 3.48. The summed E-state index contributed by atoms with van der Waals surface area (Å²) in [5.41, 5.74) is 0.876. The molecule has 7 nitrogen and oxygen atoms in total. The Balaban J connectivity index is 1.78. The predicted molar refractivity (Wildman–Crippen MR) is 89.5 cm³/mol. The number of benzene rings is 1. The minimum atomic E-state index is -0.645. The number of nitro groups is 1. The van der Waals surface area contributed by atoms with Crippen molar-refractivity contribution in [2.75, 3.05) is 0 Å². The lowest BCUT2D eigenvalue weighted by molar-refractivity contribution is -0.385. The van der Waals surface area contributed by atoms with Crippen LogP contribution in [0.2, 0.25) is 10.0 Å². The maximum absolute atomic E-state index is 12.2. The van der Waals surface area contributed by atoms with Crippen LogP contribution in [0.3, 0.4) is 0 Å². The summed E-state index contributed by atoms with van der Waals surface area (Å²) in [7, 11) is 0. The normalized spacial score (nSPS) is 10.8. The first-order chi connectivity index (χ1) is 11.4. The van der Waals surface area contributed by atoms with Gasteiger partial charge in [0.25, 0.3) is 11.6 Å². The molecule has 0 saturated heterocycles. The first kappa shape index (κ1) is 16.2. The van der Waals surface area contributed by atoms with Gasteiger partial charge in [0.15, 0.2) is 0 Å². The minimum Gasteiger partial charge on any atom is -0.346 e. The molecule has 3 aromatic rings. The first-order valence-corrected chi connectivity index (χ1v) is 7.55. The SMILES string of the molecule is O=C(NCc1cn2cc(Cl)ccc2n1)c1ccc(Cl)cc1[N+](=O)[O-]. The first-order valence-electron chi connectivity index (χ1n) is 6.79. The lowest BCUT2D eigenvalue weighted by Gasteiger charge is -2.04. The number of nitrogens with one attached hydrogen (secondary N) is 1.